The highest BCUT2D eigenvalue weighted by atomic mass is 32.1. The van der Waals surface area contributed by atoms with Crippen molar-refractivity contribution in [1.82, 2.24) is 9.80 Å². The van der Waals surface area contributed by atoms with E-state index < -0.39 is 0 Å². The van der Waals surface area contributed by atoms with E-state index in [1.165, 1.54) is 11.3 Å². The Labute approximate surface area is 175 Å². The number of benzene rings is 1. The van der Waals surface area contributed by atoms with Gasteiger partial charge in [-0.2, -0.15) is 0 Å². The van der Waals surface area contributed by atoms with E-state index in [9.17, 15) is 14.4 Å². The Morgan fingerprint density at radius 3 is 2.28 bits per heavy atom. The van der Waals surface area contributed by atoms with Crippen LogP contribution in [0.1, 0.15) is 45.7 Å². The highest BCUT2D eigenvalue weighted by molar-refractivity contribution is 7.12. The van der Waals surface area contributed by atoms with Gasteiger partial charge in [-0.3, -0.25) is 14.4 Å². The van der Waals surface area contributed by atoms with Crippen LogP contribution in [-0.2, 0) is 4.79 Å². The molecule has 0 aliphatic carbocycles. The van der Waals surface area contributed by atoms with Crippen molar-refractivity contribution in [3.05, 3.63) is 58.3 Å². The van der Waals surface area contributed by atoms with Gasteiger partial charge in [-0.1, -0.05) is 36.4 Å². The number of hydrogen-bond acceptors (Lipinski definition) is 4. The third-order valence-corrected chi connectivity index (χ3v) is 6.88. The third kappa shape index (κ3) is 4.42. The number of hydrogen-bond donors (Lipinski definition) is 0. The van der Waals surface area contributed by atoms with Gasteiger partial charge in [-0.05, 0) is 37.1 Å². The van der Waals surface area contributed by atoms with E-state index in [0.29, 0.717) is 39.0 Å². The minimum absolute atomic E-state index is 0.00953. The van der Waals surface area contributed by atoms with Gasteiger partial charge in [-0.15, -0.1) is 11.3 Å². The Balaban J connectivity index is 1.32. The molecule has 152 valence electrons. The van der Waals surface area contributed by atoms with Gasteiger partial charge in [-0.25, -0.2) is 0 Å². The number of likely N-dealkylation sites (tertiary alicyclic amines) is 2. The summed E-state index contributed by atoms with van der Waals surface area (Å²) in [5.41, 5.74) is 0.757. The van der Waals surface area contributed by atoms with Gasteiger partial charge in [0.15, 0.2) is 5.78 Å². The molecular formula is C23H26N2O3S. The summed E-state index contributed by atoms with van der Waals surface area (Å²) < 4.78 is 0. The average molecular weight is 411 g/mol. The first kappa shape index (κ1) is 19.8. The molecule has 0 N–H and O–H groups in total. The molecule has 2 amide bonds. The number of nitrogens with zero attached hydrogens (tertiary/aromatic N) is 2. The van der Waals surface area contributed by atoms with E-state index in [1.807, 2.05) is 57.6 Å². The monoisotopic (exact) mass is 410 g/mol. The fraction of sp³-hybridized carbons (Fsp3) is 0.435. The number of piperidine rings is 2. The van der Waals surface area contributed by atoms with Crippen molar-refractivity contribution in [3.63, 3.8) is 0 Å². The lowest BCUT2D eigenvalue weighted by Crippen LogP contribution is -2.49. The molecule has 29 heavy (non-hydrogen) atoms. The molecule has 2 aromatic rings. The summed E-state index contributed by atoms with van der Waals surface area (Å²) in [7, 11) is 0. The van der Waals surface area contributed by atoms with Crippen LogP contribution in [0.4, 0.5) is 0 Å². The lowest BCUT2D eigenvalue weighted by atomic mass is 9.88. The first-order valence-corrected chi connectivity index (χ1v) is 11.2. The zero-order chi connectivity index (χ0) is 20.2. The van der Waals surface area contributed by atoms with Crippen LogP contribution in [0.5, 0.6) is 0 Å². The van der Waals surface area contributed by atoms with Crippen molar-refractivity contribution >= 4 is 28.9 Å². The highest BCUT2D eigenvalue weighted by Gasteiger charge is 2.34. The average Bonchev–Trinajstić information content (AvgIpc) is 3.33. The molecule has 4 rings (SSSR count). The zero-order valence-electron chi connectivity index (χ0n) is 16.5. The Hall–Kier alpha value is -2.47. The summed E-state index contributed by atoms with van der Waals surface area (Å²) in [6.45, 7) is 2.46. The number of rotatable bonds is 4. The van der Waals surface area contributed by atoms with Crippen LogP contribution < -0.4 is 0 Å². The van der Waals surface area contributed by atoms with Crippen molar-refractivity contribution in [2.75, 3.05) is 26.2 Å². The van der Waals surface area contributed by atoms with E-state index in [4.69, 9.17) is 0 Å². The molecule has 1 aromatic carbocycles. The highest BCUT2D eigenvalue weighted by Crippen LogP contribution is 2.26. The number of ketones is 1. The van der Waals surface area contributed by atoms with Crippen LogP contribution in [0, 0.1) is 11.8 Å². The minimum Gasteiger partial charge on any atom is -0.342 e. The smallest absolute Gasteiger partial charge is 0.263 e. The van der Waals surface area contributed by atoms with Crippen molar-refractivity contribution in [3.8, 4) is 0 Å². The Morgan fingerprint density at radius 2 is 1.59 bits per heavy atom. The van der Waals surface area contributed by atoms with Crippen molar-refractivity contribution in [2.45, 2.75) is 25.7 Å². The fourth-order valence-corrected chi connectivity index (χ4v) is 5.07. The third-order valence-electron chi connectivity index (χ3n) is 6.03. The molecule has 0 radical (unpaired) electrons. The maximum Gasteiger partial charge on any atom is 0.263 e. The predicted molar refractivity (Wildman–Crippen MR) is 113 cm³/mol. The predicted octanol–water partition coefficient (Wildman–Crippen LogP) is 3.72. The van der Waals surface area contributed by atoms with Crippen LogP contribution in [0.15, 0.2) is 47.8 Å². The molecule has 2 aliphatic rings. The molecule has 5 nitrogen and oxygen atoms in total. The second kappa shape index (κ2) is 8.91. The Bertz CT molecular complexity index is 858. The zero-order valence-corrected chi connectivity index (χ0v) is 17.3. The minimum atomic E-state index is -0.131. The van der Waals surface area contributed by atoms with Gasteiger partial charge in [0.1, 0.15) is 0 Å². The lowest BCUT2D eigenvalue weighted by molar-refractivity contribution is -0.138. The Kier molecular flexibility index (Phi) is 6.09. The molecule has 0 bridgehead atoms. The van der Waals surface area contributed by atoms with E-state index in [-0.39, 0.29) is 29.4 Å². The fourth-order valence-electron chi connectivity index (χ4n) is 4.38. The van der Waals surface area contributed by atoms with Crippen LogP contribution in [0.3, 0.4) is 0 Å². The van der Waals surface area contributed by atoms with Crippen LogP contribution in [0.2, 0.25) is 0 Å². The van der Waals surface area contributed by atoms with Gasteiger partial charge >= 0.3 is 0 Å². The number of carbonyl (C=O) groups is 3. The van der Waals surface area contributed by atoms with Crippen molar-refractivity contribution in [1.29, 1.82) is 0 Å². The van der Waals surface area contributed by atoms with Gasteiger partial charge in [0.25, 0.3) is 5.91 Å². The largest absolute Gasteiger partial charge is 0.342 e. The Morgan fingerprint density at radius 1 is 0.828 bits per heavy atom. The first-order valence-electron chi connectivity index (χ1n) is 10.3. The van der Waals surface area contributed by atoms with E-state index in [1.54, 1.807) is 0 Å². The van der Waals surface area contributed by atoms with Crippen molar-refractivity contribution in [2.24, 2.45) is 11.8 Å². The number of Topliss-reactive ketones (excluding diaryl/α,β-unsaturated/α-hetero) is 1. The molecule has 0 spiro atoms. The summed E-state index contributed by atoms with van der Waals surface area (Å²) in [6.07, 6.45) is 3.11. The van der Waals surface area contributed by atoms with Gasteiger partial charge < -0.3 is 9.80 Å². The molecule has 2 saturated heterocycles. The molecule has 2 aliphatic heterocycles. The summed E-state index contributed by atoms with van der Waals surface area (Å²) in [5, 5.41) is 1.90. The molecule has 0 saturated carbocycles. The molecule has 1 aromatic heterocycles. The van der Waals surface area contributed by atoms with Crippen LogP contribution >= 0.6 is 11.3 Å². The second-order valence-corrected chi connectivity index (χ2v) is 8.85. The lowest BCUT2D eigenvalue weighted by Gasteiger charge is -2.37. The molecule has 6 heteroatoms. The molecule has 1 unspecified atom stereocenters. The maximum absolute atomic E-state index is 13.1. The van der Waals surface area contributed by atoms with Crippen molar-refractivity contribution < 1.29 is 14.4 Å². The molecular weight excluding hydrogens is 384 g/mol. The van der Waals surface area contributed by atoms with Crippen LogP contribution in [-0.4, -0.2) is 53.6 Å². The number of amides is 2. The van der Waals surface area contributed by atoms with E-state index in [2.05, 4.69) is 0 Å². The summed E-state index contributed by atoms with van der Waals surface area (Å²) >= 11 is 1.44. The topological polar surface area (TPSA) is 57.7 Å². The first-order chi connectivity index (χ1) is 14.1. The summed E-state index contributed by atoms with van der Waals surface area (Å²) in [6, 6.07) is 13.1. The number of carbonyl (C=O) groups excluding carboxylic acids is 3. The SMILES string of the molecule is O=C(c1ccccc1)C1CCN(C(=O)C2CCCN(C(=O)c3cccs3)C2)CC1. The normalized spacial score (nSPS) is 20.5. The molecule has 3 heterocycles. The van der Waals surface area contributed by atoms with E-state index >= 15 is 0 Å². The summed E-state index contributed by atoms with van der Waals surface area (Å²) in [5.74, 6) is 0.214. The quantitative estimate of drug-likeness (QED) is 0.722. The molecule has 1 atom stereocenters. The second-order valence-electron chi connectivity index (χ2n) is 7.90. The summed E-state index contributed by atoms with van der Waals surface area (Å²) in [4.78, 5) is 42.8. The van der Waals surface area contributed by atoms with Gasteiger partial charge in [0, 0.05) is 37.7 Å². The van der Waals surface area contributed by atoms with Crippen LogP contribution in [0.25, 0.3) is 0 Å². The number of thiophene rings is 1. The van der Waals surface area contributed by atoms with Gasteiger partial charge in [0.05, 0.1) is 10.8 Å². The molecule has 2 fully saturated rings. The van der Waals surface area contributed by atoms with Gasteiger partial charge in [0.2, 0.25) is 5.91 Å². The van der Waals surface area contributed by atoms with E-state index in [0.717, 1.165) is 23.3 Å². The standard InChI is InChI=1S/C23H26N2O3S/c26-21(17-6-2-1-3-7-17)18-10-13-24(14-11-18)22(27)19-8-4-12-25(16-19)23(28)20-9-5-15-29-20/h1-3,5-7,9,15,18-19H,4,8,10-14,16H2. The maximum atomic E-state index is 13.1.